The smallest absolute Gasteiger partial charge is 0.528 e. The lowest BCUT2D eigenvalue weighted by atomic mass is 9.98. The van der Waals surface area contributed by atoms with E-state index >= 15 is 0 Å². The summed E-state index contributed by atoms with van der Waals surface area (Å²) in [6.07, 6.45) is -0.184. The Hall–Kier alpha value is -0.880. The highest BCUT2D eigenvalue weighted by Gasteiger charge is 2.35. The van der Waals surface area contributed by atoms with E-state index in [0.717, 1.165) is 31.2 Å². The lowest BCUT2D eigenvalue weighted by molar-refractivity contribution is -0.322. The van der Waals surface area contributed by atoms with Crippen molar-refractivity contribution in [3.8, 4) is 0 Å². The van der Waals surface area contributed by atoms with Gasteiger partial charge in [0.2, 0.25) is 0 Å². The summed E-state index contributed by atoms with van der Waals surface area (Å²) >= 11 is 0. The Morgan fingerprint density at radius 3 is 2.17 bits per heavy atom. The van der Waals surface area contributed by atoms with Gasteiger partial charge in [0, 0.05) is 0 Å². The lowest BCUT2D eigenvalue weighted by Gasteiger charge is -2.23. The number of unbranched alkanes of at least 4 members (excludes halogenated alkanes) is 2. The van der Waals surface area contributed by atoms with Crippen LogP contribution in [0.2, 0.25) is 0 Å². The van der Waals surface area contributed by atoms with Gasteiger partial charge >= 0.3 is 6.36 Å². The topological polar surface area (TPSA) is 58.6 Å². The third-order valence-electron chi connectivity index (χ3n) is 3.22. The molecule has 1 rings (SSSR count). The molecule has 8 heteroatoms. The van der Waals surface area contributed by atoms with E-state index in [0.29, 0.717) is 6.42 Å². The van der Waals surface area contributed by atoms with Gasteiger partial charge in [-0.3, -0.25) is 4.57 Å². The summed E-state index contributed by atoms with van der Waals surface area (Å²) in [5, 5.41) is 0. The maximum atomic E-state index is 11.9. The van der Waals surface area contributed by atoms with E-state index in [1.165, 1.54) is 5.56 Å². The Labute approximate surface area is 134 Å². The number of aryl methyl sites for hydroxylation is 2. The van der Waals surface area contributed by atoms with Crippen LogP contribution in [0.1, 0.15) is 43.7 Å². The Kier molecular flexibility index (Phi) is 8.26. The van der Waals surface area contributed by atoms with Crippen LogP contribution in [0.15, 0.2) is 24.3 Å². The number of alkyl halides is 3. The largest absolute Gasteiger partial charge is 0.756 e. The van der Waals surface area contributed by atoms with Crippen molar-refractivity contribution < 1.29 is 31.7 Å². The Bertz CT molecular complexity index is 520. The third kappa shape index (κ3) is 9.11. The lowest BCUT2D eigenvalue weighted by Crippen LogP contribution is -2.19. The Balaban J connectivity index is 2.42. The van der Waals surface area contributed by atoms with Gasteiger partial charge in [0.05, 0.1) is 6.61 Å². The molecule has 132 valence electrons. The van der Waals surface area contributed by atoms with E-state index in [1.54, 1.807) is 0 Å². The molecule has 1 aromatic rings. The molecular formula is C15H21F3O4P-. The summed E-state index contributed by atoms with van der Waals surface area (Å²) in [6.45, 7) is 1.77. The predicted octanol–water partition coefficient (Wildman–Crippen LogP) is 4.37. The molecule has 1 unspecified atom stereocenters. The molecule has 1 aromatic carbocycles. The molecule has 0 N–H and O–H groups in total. The van der Waals surface area contributed by atoms with E-state index in [9.17, 15) is 22.6 Å². The van der Waals surface area contributed by atoms with Crippen molar-refractivity contribution in [2.75, 3.05) is 6.61 Å². The van der Waals surface area contributed by atoms with Crippen molar-refractivity contribution in [1.82, 2.24) is 0 Å². The number of phosphoric ester groups is 1. The first kappa shape index (κ1) is 20.2. The van der Waals surface area contributed by atoms with Crippen LogP contribution in [0.25, 0.3) is 0 Å². The summed E-state index contributed by atoms with van der Waals surface area (Å²) in [5.41, 5.74) is 2.24. The highest BCUT2D eigenvalue weighted by Crippen LogP contribution is 2.44. The molecule has 0 saturated heterocycles. The molecule has 23 heavy (non-hydrogen) atoms. The zero-order chi connectivity index (χ0) is 17.3. The van der Waals surface area contributed by atoms with Gasteiger partial charge in [0.1, 0.15) is 0 Å². The maximum Gasteiger partial charge on any atom is 0.528 e. The predicted molar refractivity (Wildman–Crippen MR) is 78.7 cm³/mol. The second-order valence-electron chi connectivity index (χ2n) is 5.15. The fraction of sp³-hybridized carbons (Fsp3) is 0.600. The van der Waals surface area contributed by atoms with Gasteiger partial charge in [0.25, 0.3) is 7.82 Å². The number of phosphoric acid groups is 1. The fourth-order valence-electron chi connectivity index (χ4n) is 2.20. The molecule has 0 aliphatic carbocycles. The number of halogens is 3. The van der Waals surface area contributed by atoms with E-state index in [1.807, 2.05) is 24.3 Å². The minimum atomic E-state index is -5.34. The van der Waals surface area contributed by atoms with Crippen LogP contribution < -0.4 is 4.89 Å². The minimum absolute atomic E-state index is 0.290. The Morgan fingerprint density at radius 1 is 1.09 bits per heavy atom. The molecule has 4 nitrogen and oxygen atoms in total. The van der Waals surface area contributed by atoms with Crippen LogP contribution in [-0.2, 0) is 26.5 Å². The average molecular weight is 353 g/mol. The van der Waals surface area contributed by atoms with Crippen molar-refractivity contribution in [2.24, 2.45) is 0 Å². The molecule has 0 aromatic heterocycles. The summed E-state index contributed by atoms with van der Waals surface area (Å²) in [7, 11) is -5.34. The van der Waals surface area contributed by atoms with Crippen molar-refractivity contribution in [1.29, 1.82) is 0 Å². The molecule has 0 bridgehead atoms. The van der Waals surface area contributed by atoms with Crippen LogP contribution in [0, 0.1) is 0 Å². The third-order valence-corrected chi connectivity index (χ3v) is 4.15. The number of benzene rings is 1. The van der Waals surface area contributed by atoms with Crippen LogP contribution in [0.5, 0.6) is 0 Å². The zero-order valence-electron chi connectivity index (χ0n) is 13.0. The first-order valence-corrected chi connectivity index (χ1v) is 8.99. The van der Waals surface area contributed by atoms with Gasteiger partial charge in [-0.15, -0.1) is 13.2 Å². The summed E-state index contributed by atoms with van der Waals surface area (Å²) in [4.78, 5) is 11.0. The van der Waals surface area contributed by atoms with E-state index in [2.05, 4.69) is 16.0 Å². The molecule has 1 atom stereocenters. The average Bonchev–Trinajstić information content (AvgIpc) is 2.43. The summed E-state index contributed by atoms with van der Waals surface area (Å²) in [6, 6.07) is 7.76. The second kappa shape index (κ2) is 9.42. The van der Waals surface area contributed by atoms with Gasteiger partial charge in [-0.1, -0.05) is 44.0 Å². The molecule has 0 fully saturated rings. The van der Waals surface area contributed by atoms with Gasteiger partial charge < -0.3 is 9.42 Å². The normalized spacial score (nSPS) is 14.7. The standard InChI is InChI=1S/C15H22F3O4P/c1-2-3-4-8-13-9-5-6-10-14(13)11-7-12-21-23(19,20)22-15(16,17)18/h5-6,9-10H,2-4,7-8,11-12H2,1H3,(H,19,20)/p-1. The SMILES string of the molecule is CCCCCc1ccccc1CCCOP(=O)([O-])OC(F)(F)F. The van der Waals surface area contributed by atoms with Crippen molar-refractivity contribution in [3.05, 3.63) is 35.4 Å². The van der Waals surface area contributed by atoms with Crippen LogP contribution >= 0.6 is 7.82 Å². The quantitative estimate of drug-likeness (QED) is 0.463. The van der Waals surface area contributed by atoms with Crippen LogP contribution in [0.3, 0.4) is 0 Å². The van der Waals surface area contributed by atoms with E-state index in [-0.39, 0.29) is 13.0 Å². The van der Waals surface area contributed by atoms with Crippen LogP contribution in [0.4, 0.5) is 13.2 Å². The van der Waals surface area contributed by atoms with Crippen molar-refractivity contribution in [3.63, 3.8) is 0 Å². The number of rotatable bonds is 10. The maximum absolute atomic E-state index is 11.9. The van der Waals surface area contributed by atoms with Crippen LogP contribution in [-0.4, -0.2) is 13.0 Å². The highest BCUT2D eigenvalue weighted by atomic mass is 31.2. The van der Waals surface area contributed by atoms with Gasteiger partial charge in [-0.25, -0.2) is 4.52 Å². The number of hydrogen-bond donors (Lipinski definition) is 0. The molecule has 0 spiro atoms. The van der Waals surface area contributed by atoms with Gasteiger partial charge in [-0.05, 0) is 36.8 Å². The highest BCUT2D eigenvalue weighted by molar-refractivity contribution is 7.45. The molecule has 0 radical (unpaired) electrons. The van der Waals surface area contributed by atoms with E-state index < -0.39 is 14.2 Å². The second-order valence-corrected chi connectivity index (χ2v) is 6.48. The van der Waals surface area contributed by atoms with Gasteiger partial charge in [-0.2, -0.15) is 0 Å². The molecule has 0 aliphatic rings. The zero-order valence-corrected chi connectivity index (χ0v) is 13.9. The summed E-state index contributed by atoms with van der Waals surface area (Å²) in [5.74, 6) is 0. The first-order chi connectivity index (χ1) is 10.7. The molecule has 0 amide bonds. The van der Waals surface area contributed by atoms with E-state index in [4.69, 9.17) is 0 Å². The molecule has 0 heterocycles. The minimum Gasteiger partial charge on any atom is -0.756 e. The first-order valence-electron chi connectivity index (χ1n) is 7.53. The molecular weight excluding hydrogens is 332 g/mol. The van der Waals surface area contributed by atoms with Crippen molar-refractivity contribution >= 4 is 7.82 Å². The Morgan fingerprint density at radius 2 is 1.65 bits per heavy atom. The van der Waals surface area contributed by atoms with Crippen molar-refractivity contribution in [2.45, 2.75) is 51.8 Å². The fourth-order valence-corrected chi connectivity index (χ4v) is 2.86. The molecule has 0 aliphatic heterocycles. The monoisotopic (exact) mass is 353 g/mol. The molecule has 0 saturated carbocycles. The van der Waals surface area contributed by atoms with Gasteiger partial charge in [0.15, 0.2) is 0 Å². The number of hydrogen-bond acceptors (Lipinski definition) is 4. The summed E-state index contributed by atoms with van der Waals surface area (Å²) < 4.78 is 53.7.